The Morgan fingerprint density at radius 1 is 1.10 bits per heavy atom. The number of carbonyl (C=O) groups is 2. The van der Waals surface area contributed by atoms with Gasteiger partial charge in [-0.15, -0.1) is 0 Å². The largest absolute Gasteiger partial charge is 0.449 e. The number of nitrogens with one attached hydrogen (secondary N) is 1. The minimum absolute atomic E-state index is 0.178. The predicted molar refractivity (Wildman–Crippen MR) is 117 cm³/mol. The summed E-state index contributed by atoms with van der Waals surface area (Å²) in [5.74, 6) is -0.801. The number of esters is 1. The molecule has 1 N–H and O–H groups in total. The molecule has 5 nitrogen and oxygen atoms in total. The Kier molecular flexibility index (Phi) is 6.00. The smallest absolute Gasteiger partial charge is 0.339 e. The van der Waals surface area contributed by atoms with E-state index in [-0.39, 0.29) is 11.9 Å². The Morgan fingerprint density at radius 3 is 2.53 bits per heavy atom. The zero-order valence-electron chi connectivity index (χ0n) is 16.7. The number of rotatable bonds is 5. The van der Waals surface area contributed by atoms with E-state index in [1.165, 1.54) is 0 Å². The van der Waals surface area contributed by atoms with Gasteiger partial charge in [-0.3, -0.25) is 4.79 Å². The minimum Gasteiger partial charge on any atom is -0.449 e. The number of ether oxygens (including phenoxy) is 1. The van der Waals surface area contributed by atoms with Gasteiger partial charge in [0.05, 0.1) is 16.8 Å². The van der Waals surface area contributed by atoms with Gasteiger partial charge in [-0.05, 0) is 44.0 Å². The van der Waals surface area contributed by atoms with Crippen molar-refractivity contribution in [3.63, 3.8) is 0 Å². The van der Waals surface area contributed by atoms with Gasteiger partial charge in [0, 0.05) is 22.0 Å². The van der Waals surface area contributed by atoms with Gasteiger partial charge in [0.1, 0.15) is 0 Å². The van der Waals surface area contributed by atoms with Crippen molar-refractivity contribution < 1.29 is 14.3 Å². The first kappa shape index (κ1) is 20.4. The van der Waals surface area contributed by atoms with Gasteiger partial charge >= 0.3 is 5.97 Å². The number of aromatic nitrogens is 1. The molecule has 2 aromatic carbocycles. The first-order valence-electron chi connectivity index (χ1n) is 10.2. The summed E-state index contributed by atoms with van der Waals surface area (Å²) in [4.78, 5) is 30.1. The van der Waals surface area contributed by atoms with Gasteiger partial charge in [0.15, 0.2) is 6.10 Å². The lowest BCUT2D eigenvalue weighted by molar-refractivity contribution is -0.129. The molecule has 0 radical (unpaired) electrons. The molecule has 6 heteroatoms. The molecule has 1 saturated carbocycles. The summed E-state index contributed by atoms with van der Waals surface area (Å²) in [5, 5.41) is 4.28. The lowest BCUT2D eigenvalue weighted by Crippen LogP contribution is -2.40. The lowest BCUT2D eigenvalue weighted by Gasteiger charge is -2.18. The molecule has 0 saturated heterocycles. The van der Waals surface area contributed by atoms with E-state index in [4.69, 9.17) is 16.3 Å². The Labute approximate surface area is 180 Å². The SMILES string of the molecule is C[C@@H](OC(=O)c1cc(-c2ccc(Cl)cc2)nc2ccccc12)C(=O)NC1CCCC1. The van der Waals surface area contributed by atoms with Crippen LogP contribution in [0.5, 0.6) is 0 Å². The second-order valence-corrected chi connectivity index (χ2v) is 8.05. The summed E-state index contributed by atoms with van der Waals surface area (Å²) in [6.45, 7) is 1.60. The Bertz CT molecular complexity index is 1080. The molecular weight excluding hydrogens is 400 g/mol. The molecule has 1 amide bonds. The van der Waals surface area contributed by atoms with Crippen molar-refractivity contribution in [3.05, 3.63) is 65.2 Å². The van der Waals surface area contributed by atoms with Crippen molar-refractivity contribution in [3.8, 4) is 11.3 Å². The van der Waals surface area contributed by atoms with Crippen LogP contribution in [0.1, 0.15) is 43.0 Å². The van der Waals surface area contributed by atoms with E-state index in [1.54, 1.807) is 25.1 Å². The molecule has 30 heavy (non-hydrogen) atoms. The van der Waals surface area contributed by atoms with Crippen molar-refractivity contribution in [2.45, 2.75) is 44.8 Å². The minimum atomic E-state index is -0.871. The normalized spacial score (nSPS) is 15.1. The van der Waals surface area contributed by atoms with Gasteiger partial charge < -0.3 is 10.1 Å². The molecule has 1 atom stereocenters. The van der Waals surface area contributed by atoms with Crippen molar-refractivity contribution >= 4 is 34.4 Å². The molecule has 0 unspecified atom stereocenters. The molecule has 1 fully saturated rings. The highest BCUT2D eigenvalue weighted by molar-refractivity contribution is 6.30. The van der Waals surface area contributed by atoms with Crippen molar-refractivity contribution in [2.24, 2.45) is 0 Å². The van der Waals surface area contributed by atoms with Gasteiger partial charge in [-0.1, -0.05) is 54.8 Å². The summed E-state index contributed by atoms with van der Waals surface area (Å²) in [5.41, 5.74) is 2.54. The Balaban J connectivity index is 1.60. The molecular formula is C24H23ClN2O3. The van der Waals surface area contributed by atoms with E-state index in [9.17, 15) is 9.59 Å². The third-order valence-electron chi connectivity index (χ3n) is 5.43. The maximum atomic E-state index is 13.0. The monoisotopic (exact) mass is 422 g/mol. The van der Waals surface area contributed by atoms with Gasteiger partial charge in [-0.25, -0.2) is 9.78 Å². The van der Waals surface area contributed by atoms with Crippen LogP contribution >= 0.6 is 11.6 Å². The van der Waals surface area contributed by atoms with Crippen molar-refractivity contribution in [1.29, 1.82) is 0 Å². The molecule has 0 spiro atoms. The number of hydrogen-bond donors (Lipinski definition) is 1. The first-order valence-corrected chi connectivity index (χ1v) is 10.6. The molecule has 3 aromatic rings. The second-order valence-electron chi connectivity index (χ2n) is 7.62. The van der Waals surface area contributed by atoms with E-state index in [0.29, 0.717) is 27.2 Å². The van der Waals surface area contributed by atoms with Crippen LogP contribution < -0.4 is 5.32 Å². The summed E-state index contributed by atoms with van der Waals surface area (Å²) >= 11 is 5.99. The fourth-order valence-electron chi connectivity index (χ4n) is 3.78. The average molecular weight is 423 g/mol. The number of amides is 1. The Morgan fingerprint density at radius 2 is 1.80 bits per heavy atom. The average Bonchev–Trinajstić information content (AvgIpc) is 3.26. The third kappa shape index (κ3) is 4.46. The summed E-state index contributed by atoms with van der Waals surface area (Å²) < 4.78 is 5.53. The topological polar surface area (TPSA) is 68.3 Å². The molecule has 1 aliphatic rings. The third-order valence-corrected chi connectivity index (χ3v) is 5.68. The Hall–Kier alpha value is -2.92. The quantitative estimate of drug-likeness (QED) is 0.576. The molecule has 154 valence electrons. The van der Waals surface area contributed by atoms with Crippen LogP contribution in [-0.2, 0) is 9.53 Å². The van der Waals surface area contributed by atoms with E-state index in [2.05, 4.69) is 10.3 Å². The zero-order chi connectivity index (χ0) is 21.1. The molecule has 1 aromatic heterocycles. The molecule has 1 heterocycles. The maximum absolute atomic E-state index is 13.0. The first-order chi connectivity index (χ1) is 14.5. The number of benzene rings is 2. The van der Waals surface area contributed by atoms with Crippen LogP contribution in [0.3, 0.4) is 0 Å². The van der Waals surface area contributed by atoms with Gasteiger partial charge in [-0.2, -0.15) is 0 Å². The van der Waals surface area contributed by atoms with Crippen LogP contribution in [0.25, 0.3) is 22.2 Å². The van der Waals surface area contributed by atoms with E-state index < -0.39 is 12.1 Å². The van der Waals surface area contributed by atoms with E-state index in [0.717, 1.165) is 31.2 Å². The van der Waals surface area contributed by atoms with Crippen LogP contribution in [0.2, 0.25) is 5.02 Å². The maximum Gasteiger partial charge on any atom is 0.339 e. The second kappa shape index (κ2) is 8.84. The van der Waals surface area contributed by atoms with Crippen LogP contribution in [0, 0.1) is 0 Å². The van der Waals surface area contributed by atoms with Crippen LogP contribution in [0.15, 0.2) is 54.6 Å². The van der Waals surface area contributed by atoms with E-state index in [1.807, 2.05) is 36.4 Å². The molecule has 0 aliphatic heterocycles. The lowest BCUT2D eigenvalue weighted by atomic mass is 10.0. The van der Waals surface area contributed by atoms with Crippen LogP contribution in [-0.4, -0.2) is 29.0 Å². The summed E-state index contributed by atoms with van der Waals surface area (Å²) in [7, 11) is 0. The molecule has 4 rings (SSSR count). The highest BCUT2D eigenvalue weighted by Gasteiger charge is 2.24. The number of hydrogen-bond acceptors (Lipinski definition) is 4. The van der Waals surface area contributed by atoms with Gasteiger partial charge in [0.25, 0.3) is 5.91 Å². The number of halogens is 1. The number of carbonyl (C=O) groups excluding carboxylic acids is 2. The zero-order valence-corrected chi connectivity index (χ0v) is 17.5. The fourth-order valence-corrected chi connectivity index (χ4v) is 3.91. The molecule has 0 bridgehead atoms. The highest BCUT2D eigenvalue weighted by Crippen LogP contribution is 2.27. The number of para-hydroxylation sites is 1. The van der Waals surface area contributed by atoms with E-state index >= 15 is 0 Å². The fraction of sp³-hybridized carbons (Fsp3) is 0.292. The molecule has 1 aliphatic carbocycles. The van der Waals surface area contributed by atoms with Crippen LogP contribution in [0.4, 0.5) is 0 Å². The summed E-state index contributed by atoms with van der Waals surface area (Å²) in [6.07, 6.45) is 3.33. The number of fused-ring (bicyclic) bond motifs is 1. The number of pyridine rings is 1. The standard InChI is InChI=1S/C24H23ClN2O3/c1-15(23(28)26-18-6-2-3-7-18)30-24(29)20-14-22(16-10-12-17(25)13-11-16)27-21-9-5-4-8-19(20)21/h4-5,8-15,18H,2-3,6-7H2,1H3,(H,26,28)/t15-/m1/s1. The van der Waals surface area contributed by atoms with Crippen molar-refractivity contribution in [1.82, 2.24) is 10.3 Å². The predicted octanol–water partition coefficient (Wildman–Crippen LogP) is 5.16. The van der Waals surface area contributed by atoms with Crippen molar-refractivity contribution in [2.75, 3.05) is 0 Å². The summed E-state index contributed by atoms with van der Waals surface area (Å²) in [6, 6.07) is 16.5. The van der Waals surface area contributed by atoms with Gasteiger partial charge in [0.2, 0.25) is 0 Å². The highest BCUT2D eigenvalue weighted by atomic mass is 35.5. The number of nitrogens with zero attached hydrogens (tertiary/aromatic N) is 1.